The van der Waals surface area contributed by atoms with Crippen LogP contribution < -0.4 is 4.90 Å². The summed E-state index contributed by atoms with van der Waals surface area (Å²) in [7, 11) is 2.04. The number of nitrogens with zero attached hydrogens (tertiary/aromatic N) is 2. The third-order valence-electron chi connectivity index (χ3n) is 3.89. The third kappa shape index (κ3) is 3.76. The van der Waals surface area contributed by atoms with Crippen LogP contribution in [0.25, 0.3) is 0 Å². The Morgan fingerprint density at radius 2 is 2.00 bits per heavy atom. The first-order valence-corrected chi connectivity index (χ1v) is 7.60. The van der Waals surface area contributed by atoms with Gasteiger partial charge in [0.05, 0.1) is 11.7 Å². The summed E-state index contributed by atoms with van der Waals surface area (Å²) in [5.74, 6) is 0.0870. The zero-order valence-corrected chi connectivity index (χ0v) is 13.7. The molecule has 21 heavy (non-hydrogen) atoms. The van der Waals surface area contributed by atoms with E-state index in [1.165, 1.54) is 0 Å². The molecule has 0 spiro atoms. The average Bonchev–Trinajstić information content (AvgIpc) is 2.43. The molecule has 1 fully saturated rings. The van der Waals surface area contributed by atoms with Gasteiger partial charge in [-0.25, -0.2) is 0 Å². The van der Waals surface area contributed by atoms with Crippen molar-refractivity contribution in [2.75, 3.05) is 31.6 Å². The van der Waals surface area contributed by atoms with Crippen LogP contribution in [-0.4, -0.2) is 49.2 Å². The van der Waals surface area contributed by atoms with Crippen molar-refractivity contribution < 1.29 is 9.53 Å². The number of morpholine rings is 1. The number of anilines is 1. The number of hydrogen-bond donors (Lipinski definition) is 0. The third-order valence-corrected chi connectivity index (χ3v) is 3.89. The molecule has 1 unspecified atom stereocenters. The van der Waals surface area contributed by atoms with Crippen molar-refractivity contribution in [3.05, 3.63) is 29.8 Å². The van der Waals surface area contributed by atoms with Gasteiger partial charge in [-0.1, -0.05) is 0 Å². The van der Waals surface area contributed by atoms with Gasteiger partial charge in [-0.15, -0.1) is 0 Å². The molecule has 4 nitrogen and oxygen atoms in total. The lowest BCUT2D eigenvalue weighted by Gasteiger charge is -2.41. The molecular weight excluding hydrogens is 264 g/mol. The Morgan fingerprint density at radius 3 is 2.52 bits per heavy atom. The van der Waals surface area contributed by atoms with Gasteiger partial charge in [0.15, 0.2) is 0 Å². The lowest BCUT2D eigenvalue weighted by Crippen LogP contribution is -2.53. The largest absolute Gasteiger partial charge is 0.375 e. The molecule has 0 bridgehead atoms. The number of carbonyl (C=O) groups excluding carboxylic acids is 1. The molecule has 1 amide bonds. The van der Waals surface area contributed by atoms with E-state index in [4.69, 9.17) is 4.74 Å². The van der Waals surface area contributed by atoms with Gasteiger partial charge in [0.2, 0.25) is 0 Å². The molecular formula is C17H26N2O2. The van der Waals surface area contributed by atoms with Crippen LogP contribution in [0.5, 0.6) is 0 Å². The molecule has 0 aromatic heterocycles. The maximum absolute atomic E-state index is 12.6. The average molecular weight is 290 g/mol. The number of hydrogen-bond acceptors (Lipinski definition) is 3. The minimum atomic E-state index is -0.282. The molecule has 1 saturated heterocycles. The Bertz CT molecular complexity index is 496. The maximum Gasteiger partial charge on any atom is 0.254 e. The molecule has 1 aromatic rings. The van der Waals surface area contributed by atoms with Gasteiger partial charge in [0, 0.05) is 37.9 Å². The van der Waals surface area contributed by atoms with Crippen molar-refractivity contribution in [1.29, 1.82) is 0 Å². The SMILES string of the molecule is CCN(C)c1ccc(C(=O)N2CC(C)OC(C)(C)C2)cc1. The Kier molecular flexibility index (Phi) is 4.57. The highest BCUT2D eigenvalue weighted by Crippen LogP contribution is 2.23. The van der Waals surface area contributed by atoms with Crippen LogP contribution in [0, 0.1) is 0 Å². The first-order chi connectivity index (χ1) is 9.82. The zero-order chi connectivity index (χ0) is 15.6. The van der Waals surface area contributed by atoms with Gasteiger partial charge in [0.1, 0.15) is 0 Å². The number of benzene rings is 1. The summed E-state index contributed by atoms with van der Waals surface area (Å²) in [4.78, 5) is 16.7. The van der Waals surface area contributed by atoms with E-state index in [0.717, 1.165) is 17.8 Å². The highest BCUT2D eigenvalue weighted by Gasteiger charge is 2.33. The second kappa shape index (κ2) is 6.06. The van der Waals surface area contributed by atoms with E-state index in [2.05, 4.69) is 11.8 Å². The summed E-state index contributed by atoms with van der Waals surface area (Å²) < 4.78 is 5.85. The molecule has 2 rings (SSSR count). The fourth-order valence-electron chi connectivity index (χ4n) is 2.83. The van der Waals surface area contributed by atoms with Gasteiger partial charge in [-0.3, -0.25) is 4.79 Å². The molecule has 0 saturated carbocycles. The summed E-state index contributed by atoms with van der Waals surface area (Å²) in [6.07, 6.45) is 0.0724. The van der Waals surface area contributed by atoms with Crippen molar-refractivity contribution in [3.8, 4) is 0 Å². The number of amides is 1. The van der Waals surface area contributed by atoms with E-state index in [1.807, 2.05) is 57.0 Å². The van der Waals surface area contributed by atoms with E-state index in [1.54, 1.807) is 0 Å². The summed E-state index contributed by atoms with van der Waals surface area (Å²) in [5, 5.41) is 0. The van der Waals surface area contributed by atoms with Crippen molar-refractivity contribution >= 4 is 11.6 Å². The Labute approximate surface area is 127 Å². The molecule has 1 aliphatic heterocycles. The van der Waals surface area contributed by atoms with Gasteiger partial charge >= 0.3 is 0 Å². The first kappa shape index (κ1) is 15.8. The molecule has 1 aromatic carbocycles. The van der Waals surface area contributed by atoms with Crippen LogP contribution in [0.4, 0.5) is 5.69 Å². The van der Waals surface area contributed by atoms with E-state index < -0.39 is 0 Å². The number of carbonyl (C=O) groups is 1. The van der Waals surface area contributed by atoms with Gasteiger partial charge < -0.3 is 14.5 Å². The van der Waals surface area contributed by atoms with Crippen molar-refractivity contribution in [1.82, 2.24) is 4.90 Å². The van der Waals surface area contributed by atoms with E-state index >= 15 is 0 Å². The Hall–Kier alpha value is -1.55. The molecule has 116 valence electrons. The van der Waals surface area contributed by atoms with Gasteiger partial charge in [0.25, 0.3) is 5.91 Å². The van der Waals surface area contributed by atoms with Gasteiger partial charge in [-0.05, 0) is 52.0 Å². The monoisotopic (exact) mass is 290 g/mol. The summed E-state index contributed by atoms with van der Waals surface area (Å²) >= 11 is 0. The lowest BCUT2D eigenvalue weighted by molar-refractivity contribution is -0.118. The molecule has 4 heteroatoms. The number of rotatable bonds is 3. The summed E-state index contributed by atoms with van der Waals surface area (Å²) in [6, 6.07) is 7.84. The topological polar surface area (TPSA) is 32.8 Å². The minimum Gasteiger partial charge on any atom is -0.375 e. The second-order valence-corrected chi connectivity index (χ2v) is 6.43. The van der Waals surface area contributed by atoms with Crippen LogP contribution in [0.2, 0.25) is 0 Å². The van der Waals surface area contributed by atoms with Crippen LogP contribution in [0.3, 0.4) is 0 Å². The van der Waals surface area contributed by atoms with Crippen LogP contribution in [0.15, 0.2) is 24.3 Å². The molecule has 0 radical (unpaired) electrons. The maximum atomic E-state index is 12.6. The normalized spacial score (nSPS) is 21.2. The molecule has 0 aliphatic carbocycles. The smallest absolute Gasteiger partial charge is 0.254 e. The highest BCUT2D eigenvalue weighted by molar-refractivity contribution is 5.94. The Morgan fingerprint density at radius 1 is 1.38 bits per heavy atom. The second-order valence-electron chi connectivity index (χ2n) is 6.43. The van der Waals surface area contributed by atoms with Crippen molar-refractivity contribution in [2.24, 2.45) is 0 Å². The van der Waals surface area contributed by atoms with E-state index in [0.29, 0.717) is 13.1 Å². The summed E-state index contributed by atoms with van der Waals surface area (Å²) in [5.41, 5.74) is 1.59. The molecule has 1 aliphatic rings. The molecule has 0 N–H and O–H groups in total. The fraction of sp³-hybridized carbons (Fsp3) is 0.588. The molecule has 1 heterocycles. The highest BCUT2D eigenvalue weighted by atomic mass is 16.5. The van der Waals surface area contributed by atoms with E-state index in [-0.39, 0.29) is 17.6 Å². The zero-order valence-electron chi connectivity index (χ0n) is 13.7. The van der Waals surface area contributed by atoms with Crippen LogP contribution in [0.1, 0.15) is 38.1 Å². The Balaban J connectivity index is 2.12. The van der Waals surface area contributed by atoms with Crippen molar-refractivity contribution in [2.45, 2.75) is 39.4 Å². The van der Waals surface area contributed by atoms with Gasteiger partial charge in [-0.2, -0.15) is 0 Å². The fourth-order valence-corrected chi connectivity index (χ4v) is 2.83. The minimum absolute atomic E-state index is 0.0724. The van der Waals surface area contributed by atoms with Crippen LogP contribution in [-0.2, 0) is 4.74 Å². The first-order valence-electron chi connectivity index (χ1n) is 7.60. The standard InChI is InChI=1S/C17H26N2O2/c1-6-18(5)15-9-7-14(8-10-15)16(20)19-11-13(2)21-17(3,4)12-19/h7-10,13H,6,11-12H2,1-5H3. The van der Waals surface area contributed by atoms with Crippen LogP contribution >= 0.6 is 0 Å². The number of ether oxygens (including phenoxy) is 1. The lowest BCUT2D eigenvalue weighted by atomic mass is 10.0. The summed E-state index contributed by atoms with van der Waals surface area (Å²) in [6.45, 7) is 10.4. The quantitative estimate of drug-likeness (QED) is 0.858. The van der Waals surface area contributed by atoms with Crippen molar-refractivity contribution in [3.63, 3.8) is 0 Å². The van der Waals surface area contributed by atoms with E-state index in [9.17, 15) is 4.79 Å². The molecule has 1 atom stereocenters. The predicted octanol–water partition coefficient (Wildman–Crippen LogP) is 2.78. The predicted molar refractivity (Wildman–Crippen MR) is 85.9 cm³/mol.